The summed E-state index contributed by atoms with van der Waals surface area (Å²) in [5.74, 6) is -0.520. The van der Waals surface area contributed by atoms with Crippen molar-refractivity contribution in [3.05, 3.63) is 0 Å². The Hall–Kier alpha value is -1.06. The minimum atomic E-state index is -0.746. The van der Waals surface area contributed by atoms with E-state index in [2.05, 4.69) is 11.7 Å². The summed E-state index contributed by atoms with van der Waals surface area (Å²) in [5, 5.41) is 0. The zero-order valence-electron chi connectivity index (χ0n) is 9.49. The lowest BCUT2D eigenvalue weighted by Crippen LogP contribution is -2.42. The molecule has 1 amide bonds. The summed E-state index contributed by atoms with van der Waals surface area (Å²) in [7, 11) is 1.24. The molecule has 0 radical (unpaired) electrons. The van der Waals surface area contributed by atoms with E-state index >= 15 is 0 Å². The van der Waals surface area contributed by atoms with Gasteiger partial charge in [0.2, 0.25) is 0 Å². The van der Waals surface area contributed by atoms with E-state index in [1.807, 2.05) is 0 Å². The van der Waals surface area contributed by atoms with Crippen molar-refractivity contribution in [2.75, 3.05) is 20.2 Å². The quantitative estimate of drug-likeness (QED) is 0.511. The highest BCUT2D eigenvalue weighted by atomic mass is 16.5. The van der Waals surface area contributed by atoms with Crippen molar-refractivity contribution in [3.63, 3.8) is 0 Å². The summed E-state index contributed by atoms with van der Waals surface area (Å²) in [6, 6.07) is 0. The molecular formula is C11H19NO3. The van der Waals surface area contributed by atoms with E-state index in [0.29, 0.717) is 13.1 Å². The largest absolute Gasteiger partial charge is 0.462 e. The van der Waals surface area contributed by atoms with Crippen LogP contribution in [0.1, 0.15) is 32.6 Å². The summed E-state index contributed by atoms with van der Waals surface area (Å²) in [5.41, 5.74) is 0. The fraction of sp³-hybridized carbons (Fsp3) is 0.818. The molecular weight excluding hydrogens is 194 g/mol. The monoisotopic (exact) mass is 213 g/mol. The molecule has 1 rings (SSSR count). The summed E-state index contributed by atoms with van der Waals surface area (Å²) in [4.78, 5) is 24.0. The van der Waals surface area contributed by atoms with E-state index in [9.17, 15) is 9.59 Å². The molecule has 0 bridgehead atoms. The van der Waals surface area contributed by atoms with E-state index in [1.54, 1.807) is 4.90 Å². The fourth-order valence-electron chi connectivity index (χ4n) is 2.05. The molecule has 0 aliphatic carbocycles. The van der Waals surface area contributed by atoms with Gasteiger partial charge in [-0.05, 0) is 18.8 Å². The number of piperidine rings is 1. The number of esters is 1. The molecule has 0 aromatic rings. The topological polar surface area (TPSA) is 46.6 Å². The molecule has 0 aromatic heterocycles. The van der Waals surface area contributed by atoms with Gasteiger partial charge < -0.3 is 9.64 Å². The van der Waals surface area contributed by atoms with Gasteiger partial charge in [-0.2, -0.15) is 0 Å². The van der Waals surface area contributed by atoms with Gasteiger partial charge in [-0.1, -0.05) is 19.8 Å². The second-order valence-corrected chi connectivity index (χ2v) is 4.02. The molecule has 4 nitrogen and oxygen atoms in total. The van der Waals surface area contributed by atoms with Crippen molar-refractivity contribution in [1.29, 1.82) is 0 Å². The van der Waals surface area contributed by atoms with Crippen LogP contribution in [0.25, 0.3) is 0 Å². The van der Waals surface area contributed by atoms with Crippen LogP contribution < -0.4 is 0 Å². The van der Waals surface area contributed by atoms with Crippen molar-refractivity contribution in [3.8, 4) is 0 Å². The van der Waals surface area contributed by atoms with Crippen molar-refractivity contribution in [1.82, 2.24) is 4.90 Å². The normalized spacial score (nSPS) is 17.6. The number of methoxy groups -OCH3 is 1. The molecule has 0 saturated carbocycles. The van der Waals surface area contributed by atoms with Crippen molar-refractivity contribution in [2.24, 2.45) is 5.92 Å². The molecule has 0 spiro atoms. The SMILES string of the molecule is CCCC1CCN(C(=O)C(=O)OC)CC1. The van der Waals surface area contributed by atoms with E-state index in [-0.39, 0.29) is 0 Å². The Bertz CT molecular complexity index is 232. The van der Waals surface area contributed by atoms with Crippen LogP contribution >= 0.6 is 0 Å². The fourth-order valence-corrected chi connectivity index (χ4v) is 2.05. The lowest BCUT2D eigenvalue weighted by Gasteiger charge is -2.30. The molecule has 0 N–H and O–H groups in total. The van der Waals surface area contributed by atoms with E-state index < -0.39 is 11.9 Å². The number of carbonyl (C=O) groups is 2. The lowest BCUT2D eigenvalue weighted by molar-refractivity contribution is -0.158. The third kappa shape index (κ3) is 3.22. The van der Waals surface area contributed by atoms with Gasteiger partial charge in [-0.3, -0.25) is 4.79 Å². The lowest BCUT2D eigenvalue weighted by atomic mass is 9.92. The smallest absolute Gasteiger partial charge is 0.396 e. The Morgan fingerprint density at radius 2 is 1.93 bits per heavy atom. The maximum Gasteiger partial charge on any atom is 0.396 e. The van der Waals surface area contributed by atoms with Crippen molar-refractivity contribution >= 4 is 11.9 Å². The van der Waals surface area contributed by atoms with Crippen LogP contribution in [0.4, 0.5) is 0 Å². The molecule has 1 fully saturated rings. The first-order chi connectivity index (χ1) is 7.19. The minimum absolute atomic E-state index is 0.493. The molecule has 0 aromatic carbocycles. The Labute approximate surface area is 90.6 Å². The zero-order chi connectivity index (χ0) is 11.3. The maximum absolute atomic E-state index is 11.4. The highest BCUT2D eigenvalue weighted by Crippen LogP contribution is 2.21. The third-order valence-corrected chi connectivity index (χ3v) is 2.96. The standard InChI is InChI=1S/C11H19NO3/c1-3-4-9-5-7-12(8-6-9)10(13)11(14)15-2/h9H,3-8H2,1-2H3. The Morgan fingerprint density at radius 3 is 2.40 bits per heavy atom. The number of likely N-dealkylation sites (tertiary alicyclic amines) is 1. The van der Waals surface area contributed by atoms with Gasteiger partial charge in [-0.25, -0.2) is 4.79 Å². The predicted molar refractivity (Wildman–Crippen MR) is 56.2 cm³/mol. The third-order valence-electron chi connectivity index (χ3n) is 2.96. The van der Waals surface area contributed by atoms with Crippen molar-refractivity contribution in [2.45, 2.75) is 32.6 Å². The molecule has 4 heteroatoms. The zero-order valence-corrected chi connectivity index (χ0v) is 9.49. The maximum atomic E-state index is 11.4. The van der Waals surface area contributed by atoms with Crippen LogP contribution in [-0.4, -0.2) is 37.0 Å². The Kier molecular flexibility index (Phi) is 4.59. The molecule has 0 unspecified atom stereocenters. The molecule has 1 aliphatic rings. The molecule has 1 saturated heterocycles. The molecule has 86 valence electrons. The van der Waals surface area contributed by atoms with Gasteiger partial charge in [-0.15, -0.1) is 0 Å². The van der Waals surface area contributed by atoms with E-state index in [4.69, 9.17) is 0 Å². The summed E-state index contributed by atoms with van der Waals surface area (Å²) >= 11 is 0. The van der Waals surface area contributed by atoms with Crippen LogP contribution in [0.5, 0.6) is 0 Å². The second kappa shape index (κ2) is 5.73. The summed E-state index contributed by atoms with van der Waals surface area (Å²) in [6.07, 6.45) is 4.43. The van der Waals surface area contributed by atoms with Gasteiger partial charge >= 0.3 is 11.9 Å². The Morgan fingerprint density at radius 1 is 1.33 bits per heavy atom. The predicted octanol–water partition coefficient (Wildman–Crippen LogP) is 1.20. The average molecular weight is 213 g/mol. The number of ether oxygens (including phenoxy) is 1. The van der Waals surface area contributed by atoms with Crippen LogP contribution in [0, 0.1) is 5.92 Å². The van der Waals surface area contributed by atoms with Crippen molar-refractivity contribution < 1.29 is 14.3 Å². The molecule has 15 heavy (non-hydrogen) atoms. The van der Waals surface area contributed by atoms with Crippen LogP contribution in [0.3, 0.4) is 0 Å². The van der Waals surface area contributed by atoms with Crippen LogP contribution in [-0.2, 0) is 14.3 Å². The number of carbonyl (C=O) groups excluding carboxylic acids is 2. The first-order valence-corrected chi connectivity index (χ1v) is 5.56. The van der Waals surface area contributed by atoms with E-state index in [1.165, 1.54) is 20.0 Å². The van der Waals surface area contributed by atoms with Crippen LogP contribution in [0.2, 0.25) is 0 Å². The highest BCUT2D eigenvalue weighted by Gasteiger charge is 2.26. The Balaban J connectivity index is 2.37. The summed E-state index contributed by atoms with van der Waals surface area (Å²) in [6.45, 7) is 3.56. The molecule has 0 atom stereocenters. The number of rotatable bonds is 2. The molecule has 1 aliphatic heterocycles. The van der Waals surface area contributed by atoms with Gasteiger partial charge in [0.1, 0.15) is 0 Å². The van der Waals surface area contributed by atoms with Gasteiger partial charge in [0, 0.05) is 13.1 Å². The highest BCUT2D eigenvalue weighted by molar-refractivity contribution is 6.32. The molecule has 1 heterocycles. The number of amides is 1. The van der Waals surface area contributed by atoms with Gasteiger partial charge in [0.25, 0.3) is 0 Å². The first-order valence-electron chi connectivity index (χ1n) is 5.56. The van der Waals surface area contributed by atoms with E-state index in [0.717, 1.165) is 18.8 Å². The average Bonchev–Trinajstić information content (AvgIpc) is 2.28. The first kappa shape index (κ1) is 12.0. The van der Waals surface area contributed by atoms with Crippen LogP contribution in [0.15, 0.2) is 0 Å². The minimum Gasteiger partial charge on any atom is -0.462 e. The van der Waals surface area contributed by atoms with Gasteiger partial charge in [0.15, 0.2) is 0 Å². The second-order valence-electron chi connectivity index (χ2n) is 4.02. The number of hydrogen-bond acceptors (Lipinski definition) is 3. The summed E-state index contributed by atoms with van der Waals surface area (Å²) < 4.78 is 4.41. The number of hydrogen-bond donors (Lipinski definition) is 0. The van der Waals surface area contributed by atoms with Gasteiger partial charge in [0.05, 0.1) is 7.11 Å². The number of nitrogens with zero attached hydrogens (tertiary/aromatic N) is 1.